The standard InChI is InChI=1S/C19H22N2O5/c1-4-24-15-9-7-14(8-10-15)21-18-16(6-5-11-20-18)19(23)25-12-17(22)26-13(2)3/h5-11,13H,4,12H2,1-3H3,(H,20,21). The first-order valence-corrected chi connectivity index (χ1v) is 8.31. The molecular weight excluding hydrogens is 336 g/mol. The summed E-state index contributed by atoms with van der Waals surface area (Å²) in [5.74, 6) is -0.174. The zero-order valence-electron chi connectivity index (χ0n) is 15.0. The molecule has 2 rings (SSSR count). The molecule has 0 bridgehead atoms. The molecule has 138 valence electrons. The Morgan fingerprint density at radius 1 is 1.15 bits per heavy atom. The van der Waals surface area contributed by atoms with Crippen LogP contribution in [0.1, 0.15) is 31.1 Å². The third-order valence-electron chi connectivity index (χ3n) is 3.14. The SMILES string of the molecule is CCOc1ccc(Nc2ncccc2C(=O)OCC(=O)OC(C)C)cc1. The number of nitrogens with zero attached hydrogens (tertiary/aromatic N) is 1. The number of carbonyl (C=O) groups excluding carboxylic acids is 2. The summed E-state index contributed by atoms with van der Waals surface area (Å²) in [5, 5.41) is 3.06. The van der Waals surface area contributed by atoms with Crippen LogP contribution in [0.15, 0.2) is 42.6 Å². The highest BCUT2D eigenvalue weighted by Crippen LogP contribution is 2.21. The quantitative estimate of drug-likeness (QED) is 0.724. The van der Waals surface area contributed by atoms with Gasteiger partial charge in [-0.15, -0.1) is 0 Å². The van der Waals surface area contributed by atoms with Gasteiger partial charge in [-0.05, 0) is 57.2 Å². The normalized spacial score (nSPS) is 10.3. The van der Waals surface area contributed by atoms with E-state index in [4.69, 9.17) is 14.2 Å². The zero-order valence-corrected chi connectivity index (χ0v) is 15.0. The summed E-state index contributed by atoms with van der Waals surface area (Å²) in [7, 11) is 0. The monoisotopic (exact) mass is 358 g/mol. The van der Waals surface area contributed by atoms with Crippen molar-refractivity contribution in [3.63, 3.8) is 0 Å². The van der Waals surface area contributed by atoms with E-state index in [0.29, 0.717) is 12.4 Å². The van der Waals surface area contributed by atoms with Crippen LogP contribution in [0.25, 0.3) is 0 Å². The van der Waals surface area contributed by atoms with Crippen LogP contribution in [0.5, 0.6) is 5.75 Å². The molecule has 26 heavy (non-hydrogen) atoms. The Morgan fingerprint density at radius 2 is 1.88 bits per heavy atom. The highest BCUT2D eigenvalue weighted by molar-refractivity contribution is 5.96. The highest BCUT2D eigenvalue weighted by Gasteiger charge is 2.16. The Bertz CT molecular complexity index is 744. The Kier molecular flexibility index (Phi) is 6.96. The van der Waals surface area contributed by atoms with Crippen LogP contribution >= 0.6 is 0 Å². The van der Waals surface area contributed by atoms with Crippen molar-refractivity contribution in [2.24, 2.45) is 0 Å². The minimum absolute atomic E-state index is 0.221. The Balaban J connectivity index is 2.04. The largest absolute Gasteiger partial charge is 0.494 e. The van der Waals surface area contributed by atoms with Crippen LogP contribution in [0.3, 0.4) is 0 Å². The molecule has 0 saturated carbocycles. The Hall–Kier alpha value is -3.09. The first kappa shape index (κ1) is 19.2. The molecule has 2 aromatic rings. The molecule has 0 amide bonds. The number of hydrogen-bond donors (Lipinski definition) is 1. The van der Waals surface area contributed by atoms with E-state index in [9.17, 15) is 9.59 Å². The minimum atomic E-state index is -0.660. The van der Waals surface area contributed by atoms with Crippen molar-refractivity contribution in [1.29, 1.82) is 0 Å². The number of carbonyl (C=O) groups is 2. The number of nitrogens with one attached hydrogen (secondary N) is 1. The maximum Gasteiger partial charge on any atom is 0.344 e. The van der Waals surface area contributed by atoms with E-state index in [1.165, 1.54) is 0 Å². The van der Waals surface area contributed by atoms with E-state index in [-0.39, 0.29) is 11.7 Å². The second-order valence-electron chi connectivity index (χ2n) is 5.60. The molecule has 1 heterocycles. The highest BCUT2D eigenvalue weighted by atomic mass is 16.6. The number of hydrogen-bond acceptors (Lipinski definition) is 7. The van der Waals surface area contributed by atoms with Crippen molar-refractivity contribution in [3.05, 3.63) is 48.2 Å². The fraction of sp³-hybridized carbons (Fsp3) is 0.316. The van der Waals surface area contributed by atoms with Crippen LogP contribution in [0, 0.1) is 0 Å². The van der Waals surface area contributed by atoms with E-state index in [0.717, 1.165) is 11.4 Å². The van der Waals surface area contributed by atoms with E-state index < -0.39 is 18.5 Å². The van der Waals surface area contributed by atoms with Crippen LogP contribution in [0.4, 0.5) is 11.5 Å². The molecule has 1 N–H and O–H groups in total. The maximum absolute atomic E-state index is 12.3. The van der Waals surface area contributed by atoms with Crippen molar-refractivity contribution in [2.45, 2.75) is 26.9 Å². The number of aromatic nitrogens is 1. The van der Waals surface area contributed by atoms with Gasteiger partial charge in [-0.3, -0.25) is 0 Å². The van der Waals surface area contributed by atoms with Gasteiger partial charge in [0.05, 0.1) is 12.7 Å². The minimum Gasteiger partial charge on any atom is -0.494 e. The number of rotatable bonds is 8. The smallest absolute Gasteiger partial charge is 0.344 e. The summed E-state index contributed by atoms with van der Waals surface area (Å²) in [6.45, 7) is 5.49. The topological polar surface area (TPSA) is 86.8 Å². The summed E-state index contributed by atoms with van der Waals surface area (Å²) in [6, 6.07) is 10.4. The number of anilines is 2. The van der Waals surface area contributed by atoms with Crippen molar-refractivity contribution in [3.8, 4) is 5.75 Å². The lowest BCUT2D eigenvalue weighted by Crippen LogP contribution is -2.20. The number of pyridine rings is 1. The first-order valence-electron chi connectivity index (χ1n) is 8.31. The Labute approximate surface area is 152 Å². The summed E-state index contributed by atoms with van der Waals surface area (Å²) in [5.41, 5.74) is 0.958. The molecule has 0 fully saturated rings. The number of esters is 2. The summed E-state index contributed by atoms with van der Waals surface area (Å²) >= 11 is 0. The number of benzene rings is 1. The second kappa shape index (κ2) is 9.41. The van der Waals surface area contributed by atoms with Gasteiger partial charge in [-0.25, -0.2) is 14.6 Å². The van der Waals surface area contributed by atoms with Gasteiger partial charge >= 0.3 is 11.9 Å². The van der Waals surface area contributed by atoms with Crippen molar-refractivity contribution in [1.82, 2.24) is 4.98 Å². The molecule has 0 unspecified atom stereocenters. The van der Waals surface area contributed by atoms with Gasteiger partial charge in [-0.2, -0.15) is 0 Å². The summed E-state index contributed by atoms with van der Waals surface area (Å²) in [4.78, 5) is 27.9. The molecule has 0 spiro atoms. The molecular formula is C19H22N2O5. The average molecular weight is 358 g/mol. The Morgan fingerprint density at radius 3 is 2.54 bits per heavy atom. The predicted molar refractivity (Wildman–Crippen MR) is 96.6 cm³/mol. The van der Waals surface area contributed by atoms with Gasteiger partial charge in [-0.1, -0.05) is 0 Å². The molecule has 0 atom stereocenters. The molecule has 0 saturated heterocycles. The third kappa shape index (κ3) is 5.77. The molecule has 0 aliphatic rings. The number of ether oxygens (including phenoxy) is 3. The van der Waals surface area contributed by atoms with E-state index >= 15 is 0 Å². The molecule has 1 aromatic carbocycles. The molecule has 0 radical (unpaired) electrons. The van der Waals surface area contributed by atoms with Gasteiger partial charge in [0.25, 0.3) is 0 Å². The lowest BCUT2D eigenvalue weighted by atomic mass is 10.2. The lowest BCUT2D eigenvalue weighted by Gasteiger charge is -2.12. The van der Waals surface area contributed by atoms with Crippen LogP contribution < -0.4 is 10.1 Å². The van der Waals surface area contributed by atoms with Gasteiger partial charge in [0, 0.05) is 11.9 Å². The van der Waals surface area contributed by atoms with Crippen molar-refractivity contribution < 1.29 is 23.8 Å². The van der Waals surface area contributed by atoms with E-state index in [2.05, 4.69) is 10.3 Å². The van der Waals surface area contributed by atoms with Crippen molar-refractivity contribution >= 4 is 23.4 Å². The predicted octanol–water partition coefficient (Wildman–Crippen LogP) is 3.33. The molecule has 7 nitrogen and oxygen atoms in total. The van der Waals surface area contributed by atoms with Crippen molar-refractivity contribution in [2.75, 3.05) is 18.5 Å². The lowest BCUT2D eigenvalue weighted by molar-refractivity contribution is -0.150. The van der Waals surface area contributed by atoms with Gasteiger partial charge < -0.3 is 19.5 Å². The molecule has 1 aromatic heterocycles. The average Bonchev–Trinajstić information content (AvgIpc) is 2.61. The van der Waals surface area contributed by atoms with Gasteiger partial charge in [0.15, 0.2) is 6.61 Å². The second-order valence-corrected chi connectivity index (χ2v) is 5.60. The van der Waals surface area contributed by atoms with Crippen LogP contribution in [-0.4, -0.2) is 36.2 Å². The van der Waals surface area contributed by atoms with E-state index in [1.807, 2.05) is 31.2 Å². The zero-order chi connectivity index (χ0) is 18.9. The van der Waals surface area contributed by atoms with E-state index in [1.54, 1.807) is 32.2 Å². The van der Waals surface area contributed by atoms with Gasteiger partial charge in [0.2, 0.25) is 0 Å². The first-order chi connectivity index (χ1) is 12.5. The summed E-state index contributed by atoms with van der Waals surface area (Å²) in [6.07, 6.45) is 1.29. The third-order valence-corrected chi connectivity index (χ3v) is 3.14. The van der Waals surface area contributed by atoms with Crippen LogP contribution in [-0.2, 0) is 14.3 Å². The fourth-order valence-electron chi connectivity index (χ4n) is 2.11. The van der Waals surface area contributed by atoms with Gasteiger partial charge in [0.1, 0.15) is 17.1 Å². The molecule has 0 aliphatic carbocycles. The maximum atomic E-state index is 12.3. The molecule has 0 aliphatic heterocycles. The fourth-order valence-corrected chi connectivity index (χ4v) is 2.11. The molecule has 7 heteroatoms. The van der Waals surface area contributed by atoms with Crippen LogP contribution in [0.2, 0.25) is 0 Å². The summed E-state index contributed by atoms with van der Waals surface area (Å²) < 4.78 is 15.3.